The lowest BCUT2D eigenvalue weighted by Crippen LogP contribution is -2.45. The Bertz CT molecular complexity index is 1490. The van der Waals surface area contributed by atoms with Gasteiger partial charge in [0.05, 0.1) is 18.8 Å². The molecule has 1 fully saturated rings. The van der Waals surface area contributed by atoms with Crippen LogP contribution in [0.25, 0.3) is 12.2 Å². The summed E-state index contributed by atoms with van der Waals surface area (Å²) in [6.45, 7) is 1.66. The SMILES string of the molecule is CSC1=NC(=O)/C(=C/c2cc(Br)c(F)cc2O)S1.O=C1N=C(N2CCCCN2)S/C1=C\c1cc(Br)c(F)cc1O. The van der Waals surface area contributed by atoms with Crippen LogP contribution < -0.4 is 5.43 Å². The van der Waals surface area contributed by atoms with E-state index in [4.69, 9.17) is 0 Å². The van der Waals surface area contributed by atoms with Crippen molar-refractivity contribution in [2.75, 3.05) is 19.3 Å². The minimum Gasteiger partial charge on any atom is -0.507 e. The molecule has 0 spiro atoms. The molecule has 3 aliphatic heterocycles. The Labute approximate surface area is 257 Å². The van der Waals surface area contributed by atoms with Gasteiger partial charge in [-0.15, -0.1) is 11.8 Å². The summed E-state index contributed by atoms with van der Waals surface area (Å²) in [5, 5.41) is 21.9. The smallest absolute Gasteiger partial charge is 0.286 e. The number of rotatable bonds is 2. The van der Waals surface area contributed by atoms with Crippen LogP contribution in [0.5, 0.6) is 11.5 Å². The van der Waals surface area contributed by atoms with Crippen molar-refractivity contribution >= 4 is 101 Å². The van der Waals surface area contributed by atoms with Gasteiger partial charge in [-0.25, -0.2) is 14.2 Å². The minimum absolute atomic E-state index is 0.214. The molecule has 0 bridgehead atoms. The van der Waals surface area contributed by atoms with Crippen LogP contribution in [0.15, 0.2) is 53.0 Å². The molecule has 8 nitrogen and oxygen atoms in total. The highest BCUT2D eigenvalue weighted by molar-refractivity contribution is 9.10. The lowest BCUT2D eigenvalue weighted by atomic mass is 10.2. The first-order chi connectivity index (χ1) is 19.0. The molecule has 210 valence electrons. The molecule has 15 heteroatoms. The number of hydrogen-bond donors (Lipinski definition) is 3. The maximum Gasteiger partial charge on any atom is 0.286 e. The van der Waals surface area contributed by atoms with Gasteiger partial charge in [-0.1, -0.05) is 11.8 Å². The first-order valence-electron chi connectivity index (χ1n) is 11.5. The molecule has 2 aromatic carbocycles. The van der Waals surface area contributed by atoms with E-state index < -0.39 is 11.6 Å². The third-order valence-corrected chi connectivity index (χ3v) is 9.63. The Morgan fingerprint density at radius 3 is 1.98 bits per heavy atom. The van der Waals surface area contributed by atoms with E-state index in [9.17, 15) is 28.6 Å². The molecule has 3 N–H and O–H groups in total. The molecule has 0 aromatic heterocycles. The molecule has 3 aliphatic rings. The minimum atomic E-state index is -0.556. The van der Waals surface area contributed by atoms with Gasteiger partial charge in [0.1, 0.15) is 27.5 Å². The van der Waals surface area contributed by atoms with Gasteiger partial charge in [0, 0.05) is 36.3 Å². The highest BCUT2D eigenvalue weighted by Crippen LogP contribution is 2.36. The highest BCUT2D eigenvalue weighted by atomic mass is 79.9. The maximum atomic E-state index is 13.3. The number of carbonyl (C=O) groups excluding carboxylic acids is 2. The summed E-state index contributed by atoms with van der Waals surface area (Å²) < 4.78 is 27.6. The molecule has 2 aromatic rings. The van der Waals surface area contributed by atoms with Crippen LogP contribution in [0.2, 0.25) is 0 Å². The second-order valence-corrected chi connectivity index (χ2v) is 13.0. The molecule has 0 radical (unpaired) electrons. The van der Waals surface area contributed by atoms with Gasteiger partial charge in [-0.3, -0.25) is 14.6 Å². The van der Waals surface area contributed by atoms with E-state index in [0.717, 1.165) is 38.1 Å². The number of nitrogens with one attached hydrogen (secondary N) is 1. The van der Waals surface area contributed by atoms with Crippen molar-refractivity contribution in [1.29, 1.82) is 0 Å². The predicted molar refractivity (Wildman–Crippen MR) is 165 cm³/mol. The third-order valence-electron chi connectivity index (χ3n) is 5.44. The summed E-state index contributed by atoms with van der Waals surface area (Å²) in [6.07, 6.45) is 6.99. The van der Waals surface area contributed by atoms with Crippen LogP contribution in [-0.2, 0) is 9.59 Å². The number of aliphatic imine (C=N–C) groups is 2. The van der Waals surface area contributed by atoms with Crippen molar-refractivity contribution in [3.63, 3.8) is 0 Å². The summed E-state index contributed by atoms with van der Waals surface area (Å²) in [4.78, 5) is 32.2. The highest BCUT2D eigenvalue weighted by Gasteiger charge is 2.27. The molecular formula is C25H20Br2F2N4O4S3. The summed E-state index contributed by atoms with van der Waals surface area (Å²) in [6, 6.07) is 4.86. The Kier molecular flexibility index (Phi) is 10.5. The zero-order chi connectivity index (χ0) is 29.0. The standard InChI is InChI=1S/C14H13BrFN3O2S.C11H7BrFNO2S2/c15-9-5-8(11(20)7-10(9)16)6-12-13(21)18-14(22-12)19-4-2-1-3-17-19;1-17-11-14-10(16)9(18-11)3-5-2-6(12)7(13)4-8(5)15/h5-7,17,20H,1-4H2;2-4,15H,1H3/b12-6-;9-3-. The van der Waals surface area contributed by atoms with Crippen LogP contribution in [0.4, 0.5) is 8.78 Å². The van der Waals surface area contributed by atoms with Gasteiger partial charge < -0.3 is 10.2 Å². The monoisotopic (exact) mass is 732 g/mol. The maximum absolute atomic E-state index is 13.3. The van der Waals surface area contributed by atoms with Crippen molar-refractivity contribution in [3.8, 4) is 11.5 Å². The van der Waals surface area contributed by atoms with Crippen LogP contribution in [0.3, 0.4) is 0 Å². The van der Waals surface area contributed by atoms with E-state index in [1.165, 1.54) is 59.6 Å². The molecule has 0 saturated carbocycles. The number of aromatic hydroxyl groups is 2. The molecule has 0 atom stereocenters. The lowest BCUT2D eigenvalue weighted by Gasteiger charge is -2.28. The number of phenols is 2. The zero-order valence-electron chi connectivity index (χ0n) is 20.6. The number of hydrogen-bond acceptors (Lipinski definition) is 9. The first-order valence-corrected chi connectivity index (χ1v) is 16.0. The number of benzene rings is 2. The van der Waals surface area contributed by atoms with Crippen LogP contribution in [0.1, 0.15) is 24.0 Å². The van der Waals surface area contributed by atoms with E-state index in [-0.39, 0.29) is 32.3 Å². The second-order valence-electron chi connectivity index (χ2n) is 8.22. The number of amides is 2. The van der Waals surface area contributed by atoms with Crippen LogP contribution in [0, 0.1) is 11.6 Å². The summed E-state index contributed by atoms with van der Waals surface area (Å²) in [5.41, 5.74) is 3.93. The molecule has 5 rings (SSSR count). The van der Waals surface area contributed by atoms with E-state index in [1.54, 1.807) is 0 Å². The average molecular weight is 734 g/mol. The largest absolute Gasteiger partial charge is 0.507 e. The summed E-state index contributed by atoms with van der Waals surface area (Å²) >= 11 is 9.96. The number of thioether (sulfide) groups is 3. The van der Waals surface area contributed by atoms with Gasteiger partial charge in [0.15, 0.2) is 5.17 Å². The number of carbonyl (C=O) groups is 2. The predicted octanol–water partition coefficient (Wildman–Crippen LogP) is 6.49. The first kappa shape index (κ1) is 30.8. The molecule has 1 saturated heterocycles. The van der Waals surface area contributed by atoms with Crippen LogP contribution in [-0.4, -0.2) is 55.9 Å². The summed E-state index contributed by atoms with van der Waals surface area (Å²) in [5.74, 6) is -2.24. The second kappa shape index (κ2) is 13.7. The van der Waals surface area contributed by atoms with E-state index in [1.807, 2.05) is 11.3 Å². The Morgan fingerprint density at radius 2 is 1.48 bits per heavy atom. The molecule has 3 heterocycles. The summed E-state index contributed by atoms with van der Waals surface area (Å²) in [7, 11) is 0. The van der Waals surface area contributed by atoms with Crippen molar-refractivity contribution in [3.05, 3.63) is 65.8 Å². The van der Waals surface area contributed by atoms with Gasteiger partial charge in [-0.05, 0) is 87.0 Å². The third kappa shape index (κ3) is 7.56. The molecule has 40 heavy (non-hydrogen) atoms. The van der Waals surface area contributed by atoms with Crippen molar-refractivity contribution < 1.29 is 28.6 Å². The Hall–Kier alpha value is -2.17. The van der Waals surface area contributed by atoms with Crippen molar-refractivity contribution in [2.45, 2.75) is 12.8 Å². The van der Waals surface area contributed by atoms with Gasteiger partial charge in [-0.2, -0.15) is 9.98 Å². The zero-order valence-corrected chi connectivity index (χ0v) is 26.2. The van der Waals surface area contributed by atoms with Crippen LogP contribution >= 0.6 is 67.1 Å². The van der Waals surface area contributed by atoms with E-state index in [2.05, 4.69) is 47.3 Å². The Balaban J connectivity index is 0.000000189. The van der Waals surface area contributed by atoms with Gasteiger partial charge in [0.2, 0.25) is 0 Å². The number of nitrogens with zero attached hydrogens (tertiary/aromatic N) is 3. The van der Waals surface area contributed by atoms with Gasteiger partial charge >= 0.3 is 0 Å². The lowest BCUT2D eigenvalue weighted by molar-refractivity contribution is -0.114. The fraction of sp³-hybridized carbons (Fsp3) is 0.200. The fourth-order valence-corrected chi connectivity index (χ4v) is 6.50. The molecule has 0 unspecified atom stereocenters. The fourth-order valence-electron chi connectivity index (χ4n) is 3.46. The molecule has 0 aliphatic carbocycles. The van der Waals surface area contributed by atoms with Crippen molar-refractivity contribution in [2.24, 2.45) is 9.98 Å². The van der Waals surface area contributed by atoms with Crippen molar-refractivity contribution in [1.82, 2.24) is 10.4 Å². The van der Waals surface area contributed by atoms with E-state index in [0.29, 0.717) is 30.5 Å². The molecular weight excluding hydrogens is 714 g/mol. The molecule has 2 amide bonds. The number of halogens is 4. The quantitative estimate of drug-likeness (QED) is 0.298. The van der Waals surface area contributed by atoms with E-state index >= 15 is 0 Å². The Morgan fingerprint density at radius 1 is 0.925 bits per heavy atom. The number of phenolic OH excluding ortho intramolecular Hbond substituents is 2. The average Bonchev–Trinajstić information content (AvgIpc) is 3.48. The number of hydrazine groups is 1. The topological polar surface area (TPSA) is 115 Å². The normalized spacial score (nSPS) is 19.2. The van der Waals surface area contributed by atoms with Gasteiger partial charge in [0.25, 0.3) is 11.8 Å². The number of amidine groups is 1.